The van der Waals surface area contributed by atoms with E-state index in [0.717, 1.165) is 22.9 Å². The third kappa shape index (κ3) is 4.86. The number of halogens is 3. The molecule has 1 N–H and O–H groups in total. The molecule has 3 amide bonds. The van der Waals surface area contributed by atoms with Crippen molar-refractivity contribution in [3.63, 3.8) is 0 Å². The van der Waals surface area contributed by atoms with Crippen molar-refractivity contribution in [2.45, 2.75) is 6.18 Å². The second-order valence-corrected chi connectivity index (χ2v) is 8.02. The lowest BCUT2D eigenvalue weighted by atomic mass is 10.2. The molecular formula is C22H16F3N5O3S. The third-order valence-corrected chi connectivity index (χ3v) is 5.67. The Morgan fingerprint density at radius 2 is 1.85 bits per heavy atom. The van der Waals surface area contributed by atoms with Crippen molar-refractivity contribution in [1.82, 2.24) is 25.0 Å². The Morgan fingerprint density at radius 3 is 2.53 bits per heavy atom. The fourth-order valence-corrected chi connectivity index (χ4v) is 4.10. The lowest BCUT2D eigenvalue weighted by molar-refractivity contribution is -0.143. The van der Waals surface area contributed by atoms with Gasteiger partial charge in [-0.1, -0.05) is 24.3 Å². The third-order valence-electron chi connectivity index (χ3n) is 4.76. The number of hydrogen-bond acceptors (Lipinski definition) is 6. The number of alkyl halides is 3. The number of nitrogens with zero attached hydrogens (tertiary/aromatic N) is 4. The topological polar surface area (TPSA) is 97.2 Å². The van der Waals surface area contributed by atoms with Crippen LogP contribution in [0.2, 0.25) is 0 Å². The fourth-order valence-electron chi connectivity index (χ4n) is 3.23. The largest absolute Gasteiger partial charge is 0.434 e. The van der Waals surface area contributed by atoms with Crippen LogP contribution in [-0.4, -0.2) is 49.8 Å². The molecule has 0 bridgehead atoms. The first-order valence-electron chi connectivity index (χ1n) is 9.90. The minimum Gasteiger partial charge on any atom is -0.350 e. The monoisotopic (exact) mass is 487 g/mol. The Kier molecular flexibility index (Phi) is 6.50. The Hall–Kier alpha value is -3.93. The Bertz CT molecular complexity index is 1260. The summed E-state index contributed by atoms with van der Waals surface area (Å²) in [6.07, 6.45) is 0.607. The lowest BCUT2D eigenvalue weighted by Gasteiger charge is -2.14. The van der Waals surface area contributed by atoms with Gasteiger partial charge in [-0.05, 0) is 41.6 Å². The zero-order valence-corrected chi connectivity index (χ0v) is 18.1. The molecule has 174 valence electrons. The van der Waals surface area contributed by atoms with E-state index in [9.17, 15) is 27.6 Å². The average molecular weight is 487 g/mol. The van der Waals surface area contributed by atoms with E-state index in [4.69, 9.17) is 0 Å². The fraction of sp³-hybridized carbons (Fsp3) is 0.136. The molecule has 1 fully saturated rings. The van der Waals surface area contributed by atoms with E-state index in [0.29, 0.717) is 10.2 Å². The predicted octanol–water partition coefficient (Wildman–Crippen LogP) is 3.75. The summed E-state index contributed by atoms with van der Waals surface area (Å²) in [5.74, 6) is -1.58. The van der Waals surface area contributed by atoms with Crippen LogP contribution in [0, 0.1) is 0 Å². The maximum absolute atomic E-state index is 13.7. The molecule has 34 heavy (non-hydrogen) atoms. The van der Waals surface area contributed by atoms with Gasteiger partial charge in [0.1, 0.15) is 0 Å². The molecule has 1 aliphatic rings. The summed E-state index contributed by atoms with van der Waals surface area (Å²) in [4.78, 5) is 42.3. The maximum atomic E-state index is 13.7. The van der Waals surface area contributed by atoms with Crippen LogP contribution >= 0.6 is 11.8 Å². The minimum absolute atomic E-state index is 0.145. The van der Waals surface area contributed by atoms with E-state index in [1.54, 1.807) is 36.5 Å². The van der Waals surface area contributed by atoms with E-state index in [2.05, 4.69) is 15.4 Å². The molecule has 1 saturated heterocycles. The number of nitrogens with one attached hydrogen (secondary N) is 1. The summed E-state index contributed by atoms with van der Waals surface area (Å²) in [6.45, 7) is -0.431. The Morgan fingerprint density at radius 1 is 1.09 bits per heavy atom. The summed E-state index contributed by atoms with van der Waals surface area (Å²) >= 11 is 0.735. The number of benzene rings is 1. The molecule has 3 aromatic rings. The number of para-hydroxylation sites is 1. The molecule has 2 aromatic heterocycles. The molecule has 0 unspecified atom stereocenters. The SMILES string of the molecule is O=C(NCCN1C(=O)S/C(=C\c2cccnc2)C1=O)c1cnn(-c2ccccc2)c1C(F)(F)F. The van der Waals surface area contributed by atoms with Gasteiger partial charge in [0, 0.05) is 25.5 Å². The van der Waals surface area contributed by atoms with Crippen LogP contribution in [0.1, 0.15) is 21.6 Å². The van der Waals surface area contributed by atoms with Gasteiger partial charge in [0.05, 0.1) is 22.4 Å². The second-order valence-electron chi connectivity index (χ2n) is 7.03. The molecular weight excluding hydrogens is 471 g/mol. The van der Waals surface area contributed by atoms with Crippen molar-refractivity contribution in [3.05, 3.63) is 82.8 Å². The van der Waals surface area contributed by atoms with Crippen LogP contribution in [0.25, 0.3) is 11.8 Å². The highest BCUT2D eigenvalue weighted by molar-refractivity contribution is 8.18. The molecule has 0 radical (unpaired) electrons. The Labute approximate surface area is 195 Å². The van der Waals surface area contributed by atoms with Gasteiger partial charge in [-0.2, -0.15) is 18.3 Å². The number of carbonyl (C=O) groups excluding carboxylic acids is 3. The molecule has 1 aromatic carbocycles. The highest BCUT2D eigenvalue weighted by Gasteiger charge is 2.41. The molecule has 4 rings (SSSR count). The second kappa shape index (κ2) is 9.51. The normalized spacial score (nSPS) is 15.3. The van der Waals surface area contributed by atoms with Crippen molar-refractivity contribution in [1.29, 1.82) is 0 Å². The van der Waals surface area contributed by atoms with E-state index < -0.39 is 34.5 Å². The lowest BCUT2D eigenvalue weighted by Crippen LogP contribution is -2.37. The predicted molar refractivity (Wildman–Crippen MR) is 118 cm³/mol. The standard InChI is InChI=1S/C22H16F3N5O3S/c23-22(24,25)18-16(13-28-30(18)15-6-2-1-3-7-15)19(31)27-9-10-29-20(32)17(34-21(29)33)11-14-5-4-8-26-12-14/h1-8,11-13H,9-10H2,(H,27,31)/b17-11-. The quantitative estimate of drug-likeness (QED) is 0.532. The number of rotatable bonds is 6. The molecule has 0 spiro atoms. The van der Waals surface area contributed by atoms with Gasteiger partial charge in [0.25, 0.3) is 17.1 Å². The summed E-state index contributed by atoms with van der Waals surface area (Å²) in [5.41, 5.74) is -1.10. The van der Waals surface area contributed by atoms with E-state index >= 15 is 0 Å². The van der Waals surface area contributed by atoms with Crippen LogP contribution < -0.4 is 5.32 Å². The summed E-state index contributed by atoms with van der Waals surface area (Å²) in [5, 5.41) is 5.53. The van der Waals surface area contributed by atoms with Gasteiger partial charge in [-0.25, -0.2) is 4.68 Å². The van der Waals surface area contributed by atoms with Crippen molar-refractivity contribution < 1.29 is 27.6 Å². The molecule has 3 heterocycles. The zero-order chi connectivity index (χ0) is 24.3. The molecule has 1 aliphatic heterocycles. The van der Waals surface area contributed by atoms with E-state index in [-0.39, 0.29) is 23.7 Å². The summed E-state index contributed by atoms with van der Waals surface area (Å²) in [7, 11) is 0. The van der Waals surface area contributed by atoms with Gasteiger partial charge in [-0.3, -0.25) is 24.3 Å². The Balaban J connectivity index is 1.45. The van der Waals surface area contributed by atoms with Crippen LogP contribution in [0.4, 0.5) is 18.0 Å². The summed E-state index contributed by atoms with van der Waals surface area (Å²) < 4.78 is 41.8. The highest BCUT2D eigenvalue weighted by Crippen LogP contribution is 2.34. The smallest absolute Gasteiger partial charge is 0.350 e. The van der Waals surface area contributed by atoms with Gasteiger partial charge in [0.15, 0.2) is 5.69 Å². The number of amides is 3. The number of pyridine rings is 1. The summed E-state index contributed by atoms with van der Waals surface area (Å²) in [6, 6.07) is 11.0. The van der Waals surface area contributed by atoms with E-state index in [1.807, 2.05) is 0 Å². The first kappa shape index (κ1) is 23.2. The van der Waals surface area contributed by atoms with Crippen molar-refractivity contribution in [3.8, 4) is 5.69 Å². The molecule has 12 heteroatoms. The minimum atomic E-state index is -4.84. The van der Waals surface area contributed by atoms with Crippen molar-refractivity contribution in [2.75, 3.05) is 13.1 Å². The molecule has 0 aliphatic carbocycles. The van der Waals surface area contributed by atoms with Crippen LogP contribution in [0.5, 0.6) is 0 Å². The number of aromatic nitrogens is 3. The van der Waals surface area contributed by atoms with Gasteiger partial charge < -0.3 is 5.32 Å². The van der Waals surface area contributed by atoms with Gasteiger partial charge >= 0.3 is 6.18 Å². The maximum Gasteiger partial charge on any atom is 0.434 e. The van der Waals surface area contributed by atoms with E-state index in [1.165, 1.54) is 24.4 Å². The van der Waals surface area contributed by atoms with Crippen LogP contribution in [0.3, 0.4) is 0 Å². The first-order chi connectivity index (χ1) is 16.3. The molecule has 0 atom stereocenters. The van der Waals surface area contributed by atoms with Crippen LogP contribution in [-0.2, 0) is 11.0 Å². The number of imide groups is 1. The molecule has 0 saturated carbocycles. The highest BCUT2D eigenvalue weighted by atomic mass is 32.2. The average Bonchev–Trinajstić information content (AvgIpc) is 3.38. The first-order valence-corrected chi connectivity index (χ1v) is 10.7. The number of hydrogen-bond donors (Lipinski definition) is 1. The molecule has 8 nitrogen and oxygen atoms in total. The van der Waals surface area contributed by atoms with Crippen molar-refractivity contribution >= 4 is 34.9 Å². The van der Waals surface area contributed by atoms with Gasteiger partial charge in [-0.15, -0.1) is 0 Å². The van der Waals surface area contributed by atoms with Crippen LogP contribution in [0.15, 0.2) is 66.0 Å². The zero-order valence-electron chi connectivity index (χ0n) is 17.3. The van der Waals surface area contributed by atoms with Crippen molar-refractivity contribution in [2.24, 2.45) is 0 Å². The van der Waals surface area contributed by atoms with Gasteiger partial charge in [0.2, 0.25) is 0 Å². The number of carbonyl (C=O) groups is 3. The number of thioether (sulfide) groups is 1.